The maximum atomic E-state index is 14.4. The van der Waals surface area contributed by atoms with Gasteiger partial charge in [-0.25, -0.2) is 13.9 Å². The van der Waals surface area contributed by atoms with E-state index in [9.17, 15) is 18.8 Å². The molecule has 1 amide bonds. The molecule has 212 valence electrons. The average Bonchev–Trinajstić information content (AvgIpc) is 3.70. The quantitative estimate of drug-likeness (QED) is 0.305. The van der Waals surface area contributed by atoms with E-state index in [1.54, 1.807) is 35.0 Å². The number of hydrogen-bond donors (Lipinski definition) is 0. The minimum Gasteiger partial charge on any atom is -0.496 e. The van der Waals surface area contributed by atoms with Gasteiger partial charge >= 0.3 is 5.69 Å². The number of aryl methyl sites for hydroxylation is 1. The minimum absolute atomic E-state index is 0.0377. The minimum atomic E-state index is -0.789. The fourth-order valence-corrected chi connectivity index (χ4v) is 6.40. The fraction of sp³-hybridized carbons (Fsp3) is 0.429. The van der Waals surface area contributed by atoms with Crippen LogP contribution in [-0.4, -0.2) is 56.0 Å². The van der Waals surface area contributed by atoms with Gasteiger partial charge in [0, 0.05) is 36.6 Å². The smallest absolute Gasteiger partial charge is 0.332 e. The van der Waals surface area contributed by atoms with Crippen molar-refractivity contribution in [2.24, 2.45) is 0 Å². The van der Waals surface area contributed by atoms with E-state index >= 15 is 0 Å². The van der Waals surface area contributed by atoms with Crippen LogP contribution in [0.15, 0.2) is 46.2 Å². The predicted molar refractivity (Wildman–Crippen MR) is 150 cm³/mol. The molecule has 4 heterocycles. The van der Waals surface area contributed by atoms with Gasteiger partial charge in [0.05, 0.1) is 25.1 Å². The maximum absolute atomic E-state index is 14.4. The largest absolute Gasteiger partial charge is 0.496 e. The number of ether oxygens (including phenoxy) is 2. The first-order chi connectivity index (χ1) is 19.2. The number of methoxy groups -OCH3 is 1. The molecule has 0 unspecified atom stereocenters. The zero-order chi connectivity index (χ0) is 28.6. The molecule has 0 spiro atoms. The van der Waals surface area contributed by atoms with Crippen LogP contribution in [0, 0.1) is 12.7 Å². The summed E-state index contributed by atoms with van der Waals surface area (Å²) in [5, 5.41) is 5.33. The maximum Gasteiger partial charge on any atom is 0.332 e. The number of hydrogen-bond acceptors (Lipinski definition) is 7. The van der Waals surface area contributed by atoms with Gasteiger partial charge in [-0.15, -0.1) is 0 Å². The summed E-state index contributed by atoms with van der Waals surface area (Å²) in [5.41, 5.74) is -0.0798. The molecule has 10 nitrogen and oxygen atoms in total. The fourth-order valence-electron chi connectivity index (χ4n) is 5.16. The highest BCUT2D eigenvalue weighted by Crippen LogP contribution is 2.34. The normalized spacial score (nSPS) is 14.4. The molecule has 0 radical (unpaired) electrons. The third-order valence-corrected chi connectivity index (χ3v) is 8.36. The van der Waals surface area contributed by atoms with Crippen molar-refractivity contribution in [1.82, 2.24) is 23.8 Å². The van der Waals surface area contributed by atoms with Crippen molar-refractivity contribution >= 4 is 27.5 Å². The molecule has 5 rings (SSSR count). The van der Waals surface area contributed by atoms with E-state index in [4.69, 9.17) is 9.47 Å². The van der Waals surface area contributed by atoms with E-state index in [-0.39, 0.29) is 25.1 Å². The number of carbonyl (C=O) groups excluding carboxylic acids is 1. The van der Waals surface area contributed by atoms with Crippen LogP contribution in [-0.2, 0) is 22.6 Å². The summed E-state index contributed by atoms with van der Waals surface area (Å²) in [6, 6.07) is 5.91. The summed E-state index contributed by atoms with van der Waals surface area (Å²) in [7, 11) is 1.48. The number of amides is 1. The van der Waals surface area contributed by atoms with Gasteiger partial charge in [-0.2, -0.15) is 5.10 Å². The topological polar surface area (TPSA) is 101 Å². The number of fused-ring (bicyclic) bond motifs is 1. The van der Waals surface area contributed by atoms with E-state index in [0.717, 1.165) is 17.4 Å². The van der Waals surface area contributed by atoms with Gasteiger partial charge in [-0.1, -0.05) is 11.3 Å². The molecular formula is C28H32FN5O5S. The van der Waals surface area contributed by atoms with Crippen LogP contribution in [0.3, 0.4) is 0 Å². The summed E-state index contributed by atoms with van der Waals surface area (Å²) < 4.78 is 30.2. The number of carbonyl (C=O) groups is 1. The lowest BCUT2D eigenvalue weighted by Gasteiger charge is -2.24. The molecule has 12 heteroatoms. The van der Waals surface area contributed by atoms with Crippen molar-refractivity contribution < 1.29 is 18.7 Å². The summed E-state index contributed by atoms with van der Waals surface area (Å²) in [6.45, 7) is 6.30. The van der Waals surface area contributed by atoms with Crippen molar-refractivity contribution in [2.75, 3.05) is 20.2 Å². The van der Waals surface area contributed by atoms with Gasteiger partial charge in [0.15, 0.2) is 0 Å². The van der Waals surface area contributed by atoms with Crippen LogP contribution in [0.2, 0.25) is 0 Å². The van der Waals surface area contributed by atoms with Crippen LogP contribution >= 0.6 is 11.3 Å². The summed E-state index contributed by atoms with van der Waals surface area (Å²) >= 11 is 1.25. The van der Waals surface area contributed by atoms with Crippen LogP contribution < -0.4 is 16.0 Å². The Labute approximate surface area is 234 Å². The molecule has 1 saturated heterocycles. The Bertz CT molecular complexity index is 1650. The first-order valence-corrected chi connectivity index (χ1v) is 14.0. The Morgan fingerprint density at radius 1 is 1.18 bits per heavy atom. The highest BCUT2D eigenvalue weighted by atomic mass is 32.1. The van der Waals surface area contributed by atoms with E-state index in [1.807, 2.05) is 13.8 Å². The van der Waals surface area contributed by atoms with Crippen LogP contribution in [0.5, 0.6) is 5.75 Å². The number of likely N-dealkylation sites (tertiary alicyclic amines) is 1. The molecular weight excluding hydrogens is 537 g/mol. The summed E-state index contributed by atoms with van der Waals surface area (Å²) in [5.74, 6) is -0.335. The lowest BCUT2D eigenvalue weighted by molar-refractivity contribution is -0.130. The number of thiophene rings is 1. The average molecular weight is 570 g/mol. The zero-order valence-corrected chi connectivity index (χ0v) is 23.7. The highest BCUT2D eigenvalue weighted by molar-refractivity contribution is 7.21. The molecule has 1 aliphatic heterocycles. The Kier molecular flexibility index (Phi) is 7.90. The predicted octanol–water partition coefficient (Wildman–Crippen LogP) is 3.66. The monoisotopic (exact) mass is 569 g/mol. The summed E-state index contributed by atoms with van der Waals surface area (Å²) in [4.78, 5) is 43.0. The number of benzene rings is 1. The van der Waals surface area contributed by atoms with Gasteiger partial charge in [-0.05, 0) is 57.9 Å². The lowest BCUT2D eigenvalue weighted by Crippen LogP contribution is -2.44. The molecule has 40 heavy (non-hydrogen) atoms. The van der Waals surface area contributed by atoms with E-state index in [0.29, 0.717) is 45.2 Å². The first-order valence-electron chi connectivity index (χ1n) is 13.2. The molecule has 3 aromatic heterocycles. The third-order valence-electron chi connectivity index (χ3n) is 7.06. The third kappa shape index (κ3) is 5.20. The number of halogens is 1. The molecule has 1 atom stereocenters. The summed E-state index contributed by atoms with van der Waals surface area (Å²) in [6.07, 6.45) is 4.12. The van der Waals surface area contributed by atoms with Crippen LogP contribution in [0.25, 0.3) is 15.2 Å². The molecule has 1 fully saturated rings. The molecule has 0 N–H and O–H groups in total. The van der Waals surface area contributed by atoms with E-state index in [1.165, 1.54) is 41.2 Å². The number of nitrogens with zero attached hydrogens (tertiary/aromatic N) is 5. The van der Waals surface area contributed by atoms with Crippen molar-refractivity contribution in [1.29, 1.82) is 0 Å². The Morgan fingerprint density at radius 3 is 2.58 bits per heavy atom. The van der Waals surface area contributed by atoms with Crippen molar-refractivity contribution in [3.63, 3.8) is 0 Å². The lowest BCUT2D eigenvalue weighted by atomic mass is 10.1. The zero-order valence-electron chi connectivity index (χ0n) is 22.9. The second kappa shape index (κ2) is 11.4. The van der Waals surface area contributed by atoms with Gasteiger partial charge in [-0.3, -0.25) is 18.7 Å². The molecule has 0 bridgehead atoms. The molecule has 0 aliphatic carbocycles. The van der Waals surface area contributed by atoms with Gasteiger partial charge < -0.3 is 14.4 Å². The van der Waals surface area contributed by atoms with E-state index in [2.05, 4.69) is 5.10 Å². The number of rotatable bonds is 9. The van der Waals surface area contributed by atoms with Gasteiger partial charge in [0.25, 0.3) is 5.56 Å². The second-order valence-corrected chi connectivity index (χ2v) is 11.1. The Hall–Kier alpha value is -3.77. The number of aromatic nitrogens is 4. The van der Waals surface area contributed by atoms with Crippen LogP contribution in [0.4, 0.5) is 4.39 Å². The van der Waals surface area contributed by atoms with E-state index < -0.39 is 23.2 Å². The van der Waals surface area contributed by atoms with Gasteiger partial charge in [0.2, 0.25) is 5.91 Å². The standard InChI is InChI=1S/C28H32FN5O5S/c1-17(2)39-22(20-14-19(29)8-9-21(20)38-4)15-33-27-24(18(3)26(40-27)34-13-7-10-30-34)25(36)32(28(33)37)16-23(35)31-11-5-6-12-31/h7-10,13-14,17,22H,5-6,11-12,15-16H2,1-4H3/t22-/m0/s1. The molecule has 4 aromatic rings. The molecule has 1 aromatic carbocycles. The molecule has 1 aliphatic rings. The van der Waals surface area contributed by atoms with Crippen molar-refractivity contribution in [3.8, 4) is 10.8 Å². The SMILES string of the molecule is COc1ccc(F)cc1[C@H](Cn1c(=O)n(CC(=O)N2CCCC2)c(=O)c2c(C)c(-n3cccn3)sc21)OC(C)C. The Morgan fingerprint density at radius 2 is 1.93 bits per heavy atom. The second-order valence-electron chi connectivity index (χ2n) is 10.1. The first kappa shape index (κ1) is 27.8. The van der Waals surface area contributed by atoms with Gasteiger partial charge in [0.1, 0.15) is 34.0 Å². The Balaban J connectivity index is 1.71. The van der Waals surface area contributed by atoms with Crippen molar-refractivity contribution in [3.05, 3.63) is 74.4 Å². The highest BCUT2D eigenvalue weighted by Gasteiger charge is 2.28. The van der Waals surface area contributed by atoms with Crippen LogP contribution in [0.1, 0.15) is 43.9 Å². The molecule has 0 saturated carbocycles. The van der Waals surface area contributed by atoms with Crippen molar-refractivity contribution in [2.45, 2.75) is 58.9 Å².